The maximum absolute atomic E-state index is 12.9. The fraction of sp³-hybridized carbons (Fsp3) is 0.273. The average molecular weight is 410 g/mol. The molecule has 0 aliphatic rings. The van der Waals surface area contributed by atoms with Crippen molar-refractivity contribution in [3.05, 3.63) is 64.4 Å². The Bertz CT molecular complexity index is 1110. The van der Waals surface area contributed by atoms with Gasteiger partial charge in [-0.05, 0) is 56.7 Å². The third kappa shape index (κ3) is 4.74. The highest BCUT2D eigenvalue weighted by Gasteiger charge is 2.19. The van der Waals surface area contributed by atoms with Gasteiger partial charge in [0.15, 0.2) is 10.9 Å². The highest BCUT2D eigenvalue weighted by atomic mass is 32.2. The molecular weight excluding hydrogens is 386 g/mol. The van der Waals surface area contributed by atoms with Crippen molar-refractivity contribution in [3.8, 4) is 0 Å². The number of thioether (sulfide) groups is 1. The maximum Gasteiger partial charge on any atom is 0.262 e. The molecule has 0 saturated heterocycles. The minimum Gasteiger partial charge on any atom is -0.325 e. The second kappa shape index (κ2) is 9.05. The van der Waals surface area contributed by atoms with Crippen LogP contribution in [0.2, 0.25) is 0 Å². The molecule has 1 aromatic heterocycles. The van der Waals surface area contributed by atoms with E-state index < -0.39 is 5.25 Å². The number of para-hydroxylation sites is 1. The molecule has 0 radical (unpaired) electrons. The molecule has 2 aromatic carbocycles. The summed E-state index contributed by atoms with van der Waals surface area (Å²) in [5.74, 6) is -0.223. The van der Waals surface area contributed by atoms with E-state index in [1.165, 1.54) is 18.7 Å². The summed E-state index contributed by atoms with van der Waals surface area (Å²) in [4.78, 5) is 41.5. The Kier molecular flexibility index (Phi) is 6.49. The fourth-order valence-electron chi connectivity index (χ4n) is 2.90. The number of hydrogen-bond donors (Lipinski definition) is 1. The normalized spacial score (nSPS) is 12.0. The minimum atomic E-state index is -0.460. The molecule has 0 spiro atoms. The maximum atomic E-state index is 12.9. The summed E-state index contributed by atoms with van der Waals surface area (Å²) in [6.07, 6.45) is 0.788. The van der Waals surface area contributed by atoms with Crippen LogP contribution in [-0.2, 0) is 11.3 Å². The monoisotopic (exact) mass is 409 g/mol. The number of amides is 1. The van der Waals surface area contributed by atoms with Crippen molar-refractivity contribution in [2.45, 2.75) is 44.1 Å². The van der Waals surface area contributed by atoms with Crippen LogP contribution in [0, 0.1) is 0 Å². The van der Waals surface area contributed by atoms with Crippen molar-refractivity contribution in [2.75, 3.05) is 5.32 Å². The van der Waals surface area contributed by atoms with E-state index in [-0.39, 0.29) is 17.2 Å². The van der Waals surface area contributed by atoms with Gasteiger partial charge < -0.3 is 5.32 Å². The van der Waals surface area contributed by atoms with Crippen molar-refractivity contribution < 1.29 is 9.59 Å². The molecule has 1 atom stereocenters. The minimum absolute atomic E-state index is 0.0249. The lowest BCUT2D eigenvalue weighted by Gasteiger charge is -2.16. The largest absolute Gasteiger partial charge is 0.325 e. The fourth-order valence-corrected chi connectivity index (χ4v) is 3.84. The van der Waals surface area contributed by atoms with Gasteiger partial charge >= 0.3 is 0 Å². The number of hydrogen-bond acceptors (Lipinski definition) is 5. The van der Waals surface area contributed by atoms with Gasteiger partial charge in [0.1, 0.15) is 0 Å². The Hall–Kier alpha value is -2.93. The number of anilines is 1. The molecule has 1 amide bonds. The molecule has 0 aliphatic carbocycles. The number of fused-ring (bicyclic) bond motifs is 1. The van der Waals surface area contributed by atoms with E-state index in [2.05, 4.69) is 10.3 Å². The molecule has 0 aliphatic heterocycles. The van der Waals surface area contributed by atoms with Crippen LogP contribution in [0.15, 0.2) is 58.5 Å². The van der Waals surface area contributed by atoms with E-state index in [9.17, 15) is 14.4 Å². The van der Waals surface area contributed by atoms with Crippen molar-refractivity contribution >= 4 is 40.0 Å². The van der Waals surface area contributed by atoms with Crippen LogP contribution in [0.4, 0.5) is 5.69 Å². The van der Waals surface area contributed by atoms with E-state index in [1.807, 2.05) is 19.1 Å². The predicted molar refractivity (Wildman–Crippen MR) is 117 cm³/mol. The van der Waals surface area contributed by atoms with Crippen LogP contribution in [0.25, 0.3) is 10.9 Å². The molecule has 1 N–H and O–H groups in total. The standard InChI is InChI=1S/C22H23N3O3S/c1-4-13-25-21(28)18-7-5-6-8-19(18)24-22(25)29-15(3)20(27)23-17-11-9-16(10-12-17)14(2)26/h5-12,15H,4,13H2,1-3H3,(H,23,27)/t15-/m1/s1. The summed E-state index contributed by atoms with van der Waals surface area (Å²) in [7, 11) is 0. The Morgan fingerprint density at radius 3 is 2.48 bits per heavy atom. The Morgan fingerprint density at radius 2 is 1.83 bits per heavy atom. The van der Waals surface area contributed by atoms with Crippen LogP contribution >= 0.6 is 11.8 Å². The lowest BCUT2D eigenvalue weighted by Crippen LogP contribution is -2.27. The van der Waals surface area contributed by atoms with Crippen LogP contribution in [0.3, 0.4) is 0 Å². The summed E-state index contributed by atoms with van der Waals surface area (Å²) < 4.78 is 1.64. The molecule has 150 valence electrons. The van der Waals surface area contributed by atoms with Gasteiger partial charge in [-0.15, -0.1) is 0 Å². The summed E-state index contributed by atoms with van der Waals surface area (Å²) in [5, 5.41) is 3.49. The number of Topliss-reactive ketones (excluding diaryl/α,β-unsaturated/α-hetero) is 1. The van der Waals surface area contributed by atoms with E-state index in [1.54, 1.807) is 47.9 Å². The molecule has 0 fully saturated rings. The number of carbonyl (C=O) groups is 2. The number of carbonyl (C=O) groups excluding carboxylic acids is 2. The number of nitrogens with zero attached hydrogens (tertiary/aromatic N) is 2. The highest BCUT2D eigenvalue weighted by molar-refractivity contribution is 8.00. The lowest BCUT2D eigenvalue weighted by molar-refractivity contribution is -0.115. The number of aromatic nitrogens is 2. The van der Waals surface area contributed by atoms with Crippen molar-refractivity contribution in [1.82, 2.24) is 9.55 Å². The van der Waals surface area contributed by atoms with Gasteiger partial charge in [0.25, 0.3) is 5.56 Å². The molecule has 1 heterocycles. The lowest BCUT2D eigenvalue weighted by atomic mass is 10.1. The van der Waals surface area contributed by atoms with Gasteiger partial charge in [-0.1, -0.05) is 30.8 Å². The molecule has 0 saturated carbocycles. The highest BCUT2D eigenvalue weighted by Crippen LogP contribution is 2.24. The third-order valence-electron chi connectivity index (χ3n) is 4.48. The van der Waals surface area contributed by atoms with Gasteiger partial charge in [-0.25, -0.2) is 4.98 Å². The SMILES string of the molecule is CCCn1c(S[C@H](C)C(=O)Nc2ccc(C(C)=O)cc2)nc2ccccc2c1=O. The van der Waals surface area contributed by atoms with Crippen molar-refractivity contribution in [3.63, 3.8) is 0 Å². The van der Waals surface area contributed by atoms with Gasteiger partial charge in [0.2, 0.25) is 5.91 Å². The Morgan fingerprint density at radius 1 is 1.14 bits per heavy atom. The molecule has 3 rings (SSSR count). The molecule has 0 bridgehead atoms. The number of ketones is 1. The predicted octanol–water partition coefficient (Wildman–Crippen LogP) is 4.13. The molecule has 29 heavy (non-hydrogen) atoms. The smallest absolute Gasteiger partial charge is 0.262 e. The number of nitrogens with one attached hydrogen (secondary N) is 1. The molecule has 3 aromatic rings. The number of rotatable bonds is 7. The van der Waals surface area contributed by atoms with Crippen LogP contribution in [0.5, 0.6) is 0 Å². The zero-order valence-corrected chi connectivity index (χ0v) is 17.5. The second-order valence-corrected chi connectivity index (χ2v) is 8.06. The van der Waals surface area contributed by atoms with Crippen LogP contribution in [0.1, 0.15) is 37.6 Å². The van der Waals surface area contributed by atoms with E-state index in [4.69, 9.17) is 0 Å². The second-order valence-electron chi connectivity index (χ2n) is 6.75. The zero-order chi connectivity index (χ0) is 21.0. The van der Waals surface area contributed by atoms with Gasteiger partial charge in [-0.2, -0.15) is 0 Å². The molecular formula is C22H23N3O3S. The van der Waals surface area contributed by atoms with E-state index in [0.29, 0.717) is 33.9 Å². The van der Waals surface area contributed by atoms with Crippen molar-refractivity contribution in [2.24, 2.45) is 0 Å². The topological polar surface area (TPSA) is 81.1 Å². The van der Waals surface area contributed by atoms with E-state index in [0.717, 1.165) is 6.42 Å². The summed E-state index contributed by atoms with van der Waals surface area (Å²) in [5.41, 5.74) is 1.74. The zero-order valence-electron chi connectivity index (χ0n) is 16.6. The molecule has 0 unspecified atom stereocenters. The first kappa shape index (κ1) is 20.8. The Balaban J connectivity index is 1.81. The molecule has 6 nitrogen and oxygen atoms in total. The van der Waals surface area contributed by atoms with Gasteiger partial charge in [-0.3, -0.25) is 19.0 Å². The first-order valence-electron chi connectivity index (χ1n) is 9.48. The van der Waals surface area contributed by atoms with Crippen LogP contribution < -0.4 is 10.9 Å². The molecule has 7 heteroatoms. The van der Waals surface area contributed by atoms with Gasteiger partial charge in [0, 0.05) is 17.8 Å². The first-order chi connectivity index (χ1) is 13.9. The van der Waals surface area contributed by atoms with Crippen LogP contribution in [-0.4, -0.2) is 26.5 Å². The van der Waals surface area contributed by atoms with Gasteiger partial charge in [0.05, 0.1) is 16.2 Å². The summed E-state index contributed by atoms with van der Waals surface area (Å²) >= 11 is 1.26. The quantitative estimate of drug-likeness (QED) is 0.360. The third-order valence-corrected chi connectivity index (χ3v) is 5.57. The summed E-state index contributed by atoms with van der Waals surface area (Å²) in [6.45, 7) is 5.82. The number of benzene rings is 2. The first-order valence-corrected chi connectivity index (χ1v) is 10.4. The summed E-state index contributed by atoms with van der Waals surface area (Å²) in [6, 6.07) is 14.0. The van der Waals surface area contributed by atoms with E-state index >= 15 is 0 Å². The Labute approximate surface area is 173 Å². The van der Waals surface area contributed by atoms with Crippen molar-refractivity contribution in [1.29, 1.82) is 0 Å². The average Bonchev–Trinajstić information content (AvgIpc) is 2.71.